The molecule has 4 rings (SSSR count). The summed E-state index contributed by atoms with van der Waals surface area (Å²) in [5.74, 6) is 1.93. The molecular weight excluding hydrogens is 530 g/mol. The van der Waals surface area contributed by atoms with Crippen LogP contribution < -0.4 is 14.2 Å². The van der Waals surface area contributed by atoms with Crippen molar-refractivity contribution < 1.29 is 28.5 Å². The van der Waals surface area contributed by atoms with Gasteiger partial charge in [0.1, 0.15) is 23.9 Å². The lowest BCUT2D eigenvalue weighted by atomic mass is 10.1. The van der Waals surface area contributed by atoms with Crippen molar-refractivity contribution in [1.82, 2.24) is 14.4 Å². The lowest BCUT2D eigenvalue weighted by Gasteiger charge is -2.34. The number of halogens is 1. The minimum absolute atomic E-state index is 0.109. The molecule has 2 heterocycles. The number of nitrogens with zero attached hydrogens (tertiary/aromatic N) is 3. The Morgan fingerprint density at radius 2 is 1.58 bits per heavy atom. The summed E-state index contributed by atoms with van der Waals surface area (Å²) < 4.78 is 24.7. The molecule has 2 aromatic carbocycles. The van der Waals surface area contributed by atoms with Crippen LogP contribution in [0.3, 0.4) is 0 Å². The van der Waals surface area contributed by atoms with Crippen LogP contribution >= 0.6 is 15.9 Å². The summed E-state index contributed by atoms with van der Waals surface area (Å²) in [6.07, 6.45) is -0.349. The second-order valence-electron chi connectivity index (χ2n) is 8.33. The normalized spacial score (nSPS) is 13.6. The molecule has 2 amide bonds. The molecule has 0 bridgehead atoms. The molecule has 1 aliphatic rings. The fourth-order valence-electron chi connectivity index (χ4n) is 4.34. The highest BCUT2D eigenvalue weighted by atomic mass is 79.9. The van der Waals surface area contributed by atoms with Crippen molar-refractivity contribution in [2.45, 2.75) is 13.5 Å². The number of rotatable bonds is 7. The molecule has 0 radical (unpaired) electrons. The Kier molecular flexibility index (Phi) is 7.93. The summed E-state index contributed by atoms with van der Waals surface area (Å²) in [6.45, 7) is 3.97. The topological polar surface area (TPSA) is 82.5 Å². The zero-order chi connectivity index (χ0) is 25.8. The van der Waals surface area contributed by atoms with Crippen LogP contribution in [0.5, 0.6) is 17.2 Å². The Hall–Kier alpha value is -3.40. The summed E-state index contributed by atoms with van der Waals surface area (Å²) >= 11 is 3.56. The van der Waals surface area contributed by atoms with Gasteiger partial charge in [0.15, 0.2) is 0 Å². The van der Waals surface area contributed by atoms with Crippen LogP contribution in [0.25, 0.3) is 10.9 Å². The Morgan fingerprint density at radius 3 is 2.19 bits per heavy atom. The summed E-state index contributed by atoms with van der Waals surface area (Å²) in [5.41, 5.74) is 2.19. The molecule has 1 fully saturated rings. The lowest BCUT2D eigenvalue weighted by molar-refractivity contribution is 0.0569. The number of piperazine rings is 1. The Labute approximate surface area is 218 Å². The quantitative estimate of drug-likeness (QED) is 0.425. The van der Waals surface area contributed by atoms with Crippen molar-refractivity contribution >= 4 is 38.8 Å². The van der Waals surface area contributed by atoms with Crippen LogP contribution in [0.4, 0.5) is 4.79 Å². The lowest BCUT2D eigenvalue weighted by Crippen LogP contribution is -2.50. The van der Waals surface area contributed by atoms with Gasteiger partial charge in [0.05, 0.1) is 42.1 Å². The maximum atomic E-state index is 13.9. The first kappa shape index (κ1) is 25.7. The number of carbonyl (C=O) groups excluding carboxylic acids is 2. The van der Waals surface area contributed by atoms with Gasteiger partial charge in [-0.25, -0.2) is 4.79 Å². The molecule has 1 aromatic heterocycles. The van der Waals surface area contributed by atoms with E-state index in [4.69, 9.17) is 18.9 Å². The fraction of sp³-hybridized carbons (Fsp3) is 0.385. The van der Waals surface area contributed by atoms with Crippen molar-refractivity contribution in [3.63, 3.8) is 0 Å². The van der Waals surface area contributed by atoms with Gasteiger partial charge in [-0.1, -0.05) is 0 Å². The highest BCUT2D eigenvalue weighted by Crippen LogP contribution is 2.36. The molecule has 1 aliphatic heterocycles. The molecule has 0 spiro atoms. The van der Waals surface area contributed by atoms with Crippen LogP contribution in [0.2, 0.25) is 0 Å². The zero-order valence-electron chi connectivity index (χ0n) is 20.9. The molecule has 0 aliphatic carbocycles. The minimum atomic E-state index is -0.349. The monoisotopic (exact) mass is 559 g/mol. The first-order valence-corrected chi connectivity index (χ1v) is 12.5. The SMILES string of the molecule is CCOC(=O)N1CCN(C(=O)c2c(COc3ccc(OC)cc3)n(C)c3cc(Br)c(OC)cc23)CC1. The summed E-state index contributed by atoms with van der Waals surface area (Å²) in [5, 5.41) is 0.781. The number of benzene rings is 2. The first-order valence-electron chi connectivity index (χ1n) is 11.7. The predicted octanol–water partition coefficient (Wildman–Crippen LogP) is 4.45. The average Bonchev–Trinajstić information content (AvgIpc) is 3.17. The van der Waals surface area contributed by atoms with E-state index in [1.807, 2.05) is 48.0 Å². The van der Waals surface area contributed by atoms with Crippen molar-refractivity contribution in [2.75, 3.05) is 47.0 Å². The van der Waals surface area contributed by atoms with E-state index in [9.17, 15) is 9.59 Å². The minimum Gasteiger partial charge on any atom is -0.497 e. The van der Waals surface area contributed by atoms with Gasteiger partial charge in [-0.3, -0.25) is 4.79 Å². The Balaban J connectivity index is 1.66. The van der Waals surface area contributed by atoms with E-state index < -0.39 is 0 Å². The second kappa shape index (κ2) is 11.1. The van der Waals surface area contributed by atoms with Gasteiger partial charge in [-0.05, 0) is 59.3 Å². The predicted molar refractivity (Wildman–Crippen MR) is 139 cm³/mol. The molecule has 36 heavy (non-hydrogen) atoms. The maximum absolute atomic E-state index is 13.9. The standard InChI is InChI=1S/C26H30BrN3O6/c1-5-35-26(32)30-12-10-29(11-13-30)25(31)24-19-14-23(34-4)20(27)15-21(19)28(2)22(24)16-36-18-8-6-17(33-3)7-9-18/h6-9,14-15H,5,10-13,16H2,1-4H3. The zero-order valence-corrected chi connectivity index (χ0v) is 22.5. The third kappa shape index (κ3) is 5.09. The smallest absolute Gasteiger partial charge is 0.409 e. The van der Waals surface area contributed by atoms with E-state index in [0.29, 0.717) is 49.8 Å². The van der Waals surface area contributed by atoms with Crippen molar-refractivity contribution in [3.05, 3.63) is 52.1 Å². The van der Waals surface area contributed by atoms with Gasteiger partial charge >= 0.3 is 6.09 Å². The molecule has 3 aromatic rings. The van der Waals surface area contributed by atoms with Gasteiger partial charge in [0.2, 0.25) is 0 Å². The van der Waals surface area contributed by atoms with Crippen molar-refractivity contribution in [1.29, 1.82) is 0 Å². The van der Waals surface area contributed by atoms with Crippen molar-refractivity contribution in [3.8, 4) is 17.2 Å². The molecule has 192 valence electrons. The number of amides is 2. The van der Waals surface area contributed by atoms with E-state index in [2.05, 4.69) is 15.9 Å². The van der Waals surface area contributed by atoms with Crippen LogP contribution in [-0.4, -0.2) is 73.4 Å². The van der Waals surface area contributed by atoms with Gasteiger partial charge < -0.3 is 33.3 Å². The van der Waals surface area contributed by atoms with Crippen LogP contribution in [0, 0.1) is 0 Å². The fourth-order valence-corrected chi connectivity index (χ4v) is 4.84. The number of hydrogen-bond donors (Lipinski definition) is 0. The average molecular weight is 560 g/mol. The first-order chi connectivity index (χ1) is 17.4. The van der Waals surface area contributed by atoms with Crippen LogP contribution in [0.15, 0.2) is 40.9 Å². The molecule has 0 N–H and O–H groups in total. The van der Waals surface area contributed by atoms with Gasteiger partial charge in [-0.15, -0.1) is 0 Å². The molecule has 9 nitrogen and oxygen atoms in total. The second-order valence-corrected chi connectivity index (χ2v) is 9.18. The number of methoxy groups -OCH3 is 2. The molecule has 10 heteroatoms. The van der Waals surface area contributed by atoms with Gasteiger partial charge in [0.25, 0.3) is 5.91 Å². The van der Waals surface area contributed by atoms with Gasteiger partial charge in [-0.2, -0.15) is 0 Å². The van der Waals surface area contributed by atoms with E-state index in [-0.39, 0.29) is 18.6 Å². The van der Waals surface area contributed by atoms with Crippen molar-refractivity contribution in [2.24, 2.45) is 7.05 Å². The summed E-state index contributed by atoms with van der Waals surface area (Å²) in [6, 6.07) is 11.1. The molecular formula is C26H30BrN3O6. The number of carbonyl (C=O) groups is 2. The Bertz CT molecular complexity index is 1250. The van der Waals surface area contributed by atoms with E-state index in [0.717, 1.165) is 26.8 Å². The largest absolute Gasteiger partial charge is 0.497 e. The number of hydrogen-bond acceptors (Lipinski definition) is 6. The highest BCUT2D eigenvalue weighted by molar-refractivity contribution is 9.10. The van der Waals surface area contributed by atoms with Gasteiger partial charge in [0, 0.05) is 38.6 Å². The van der Waals surface area contributed by atoms with Crippen LogP contribution in [0.1, 0.15) is 23.0 Å². The molecule has 0 atom stereocenters. The number of ether oxygens (including phenoxy) is 4. The maximum Gasteiger partial charge on any atom is 0.409 e. The molecule has 1 saturated heterocycles. The third-order valence-electron chi connectivity index (χ3n) is 6.34. The highest BCUT2D eigenvalue weighted by Gasteiger charge is 2.30. The third-order valence-corrected chi connectivity index (χ3v) is 6.96. The summed E-state index contributed by atoms with van der Waals surface area (Å²) in [4.78, 5) is 29.4. The summed E-state index contributed by atoms with van der Waals surface area (Å²) in [7, 11) is 5.13. The number of fused-ring (bicyclic) bond motifs is 1. The molecule has 0 saturated carbocycles. The van der Waals surface area contributed by atoms with Crippen LogP contribution in [-0.2, 0) is 18.4 Å². The number of aryl methyl sites for hydroxylation is 1. The van der Waals surface area contributed by atoms with E-state index >= 15 is 0 Å². The van der Waals surface area contributed by atoms with E-state index in [1.165, 1.54) is 0 Å². The number of aromatic nitrogens is 1. The molecule has 0 unspecified atom stereocenters. The Morgan fingerprint density at radius 1 is 0.944 bits per heavy atom. The van der Waals surface area contributed by atoms with E-state index in [1.54, 1.807) is 30.9 Å².